The summed E-state index contributed by atoms with van der Waals surface area (Å²) in [4.78, 5) is 44.2. The number of anilines is 1. The summed E-state index contributed by atoms with van der Waals surface area (Å²) in [7, 11) is 3.02. The molecule has 0 bridgehead atoms. The van der Waals surface area contributed by atoms with Crippen LogP contribution in [0.15, 0.2) is 30.6 Å². The van der Waals surface area contributed by atoms with Gasteiger partial charge in [-0.15, -0.1) is 0 Å². The maximum absolute atomic E-state index is 13.5. The predicted molar refractivity (Wildman–Crippen MR) is 138 cm³/mol. The fourth-order valence-electron chi connectivity index (χ4n) is 5.29. The second-order valence-electron chi connectivity index (χ2n) is 10.4. The molecule has 3 atom stereocenters. The van der Waals surface area contributed by atoms with E-state index < -0.39 is 48.7 Å². The molecule has 4 amide bonds. The molecule has 2 fully saturated rings. The highest BCUT2D eigenvalue weighted by Crippen LogP contribution is 2.32. The number of nitrogens with zero attached hydrogens (tertiary/aromatic N) is 4. The van der Waals surface area contributed by atoms with Gasteiger partial charge in [-0.1, -0.05) is 19.8 Å². The fourth-order valence-corrected chi connectivity index (χ4v) is 5.29. The fraction of sp³-hybridized carbons (Fsp3) is 0.577. The number of aromatic nitrogens is 3. The van der Waals surface area contributed by atoms with Crippen LogP contribution in [0.1, 0.15) is 54.7 Å². The number of halogens is 3. The lowest BCUT2D eigenvalue weighted by Gasteiger charge is -2.32. The summed E-state index contributed by atoms with van der Waals surface area (Å²) in [5.41, 5.74) is 0.748. The van der Waals surface area contributed by atoms with Gasteiger partial charge in [-0.25, -0.2) is 9.78 Å². The van der Waals surface area contributed by atoms with E-state index in [1.807, 2.05) is 5.32 Å². The van der Waals surface area contributed by atoms with Gasteiger partial charge in [0, 0.05) is 26.6 Å². The first-order chi connectivity index (χ1) is 19.0. The van der Waals surface area contributed by atoms with Crippen molar-refractivity contribution < 1.29 is 32.3 Å². The first-order valence-electron chi connectivity index (χ1n) is 13.2. The van der Waals surface area contributed by atoms with E-state index in [2.05, 4.69) is 27.6 Å². The number of hydrogen-bond acceptors (Lipinski definition) is 6. The molecular weight excluding hydrogens is 531 g/mol. The zero-order chi connectivity index (χ0) is 29.0. The van der Waals surface area contributed by atoms with Gasteiger partial charge in [0.05, 0.1) is 19.2 Å². The van der Waals surface area contributed by atoms with Gasteiger partial charge < -0.3 is 25.6 Å². The summed E-state index contributed by atoms with van der Waals surface area (Å²) >= 11 is 0. The minimum absolute atomic E-state index is 0.0704. The summed E-state index contributed by atoms with van der Waals surface area (Å²) in [6.07, 6.45) is 1.69. The number of pyridine rings is 1. The number of rotatable bonds is 9. The molecule has 4 rings (SSSR count). The summed E-state index contributed by atoms with van der Waals surface area (Å²) in [6.45, 7) is 1.50. The van der Waals surface area contributed by atoms with Crippen LogP contribution in [-0.2, 0) is 16.6 Å². The lowest BCUT2D eigenvalue weighted by atomic mass is 9.79. The molecular formula is C26H34F3N7O4. The Morgan fingerprint density at radius 3 is 2.52 bits per heavy atom. The number of amides is 4. The number of ether oxygens (including phenoxy) is 1. The topological polar surface area (TPSA) is 130 Å². The van der Waals surface area contributed by atoms with E-state index in [4.69, 9.17) is 4.74 Å². The largest absolute Gasteiger partial charge is 0.410 e. The molecule has 0 radical (unpaired) electrons. The number of nitrogens with one attached hydrogen (secondary N) is 3. The summed E-state index contributed by atoms with van der Waals surface area (Å²) in [5, 5.41) is 11.6. The molecule has 14 heteroatoms. The molecule has 0 spiro atoms. The van der Waals surface area contributed by atoms with Gasteiger partial charge in [-0.05, 0) is 48.4 Å². The summed E-state index contributed by atoms with van der Waals surface area (Å²) in [5.74, 6) is -0.313. The number of alkyl halides is 3. The number of carbonyl (C=O) groups is 3. The van der Waals surface area contributed by atoms with Crippen LogP contribution in [-0.4, -0.2) is 76.0 Å². The van der Waals surface area contributed by atoms with Gasteiger partial charge in [0.1, 0.15) is 23.6 Å². The lowest BCUT2D eigenvalue weighted by molar-refractivity contribution is -0.150. The first kappa shape index (κ1) is 29.3. The Morgan fingerprint density at radius 1 is 1.20 bits per heavy atom. The van der Waals surface area contributed by atoms with E-state index in [-0.39, 0.29) is 18.3 Å². The molecule has 3 N–H and O–H groups in total. The minimum Gasteiger partial charge on any atom is -0.382 e. The van der Waals surface area contributed by atoms with Gasteiger partial charge in [0.2, 0.25) is 5.91 Å². The Bertz CT molecular complexity index is 1210. The normalized spacial score (nSPS) is 22.9. The second kappa shape index (κ2) is 12.2. The molecule has 1 aliphatic heterocycles. The Morgan fingerprint density at radius 2 is 1.93 bits per heavy atom. The van der Waals surface area contributed by atoms with E-state index >= 15 is 0 Å². The SMILES string of the molecule is COCC(c1ccnc(NC(=O)[C@@H](NC(=O)c2ccnn2C)C2CCC(C)CC2)c1)N1C[C@@H](C(F)(F)F)NC1=O. The zero-order valence-corrected chi connectivity index (χ0v) is 22.6. The molecule has 0 aromatic carbocycles. The van der Waals surface area contributed by atoms with Crippen molar-refractivity contribution in [2.75, 3.05) is 25.6 Å². The molecule has 1 unspecified atom stereocenters. The van der Waals surface area contributed by atoms with Gasteiger partial charge >= 0.3 is 12.2 Å². The highest BCUT2D eigenvalue weighted by Gasteiger charge is 2.48. The summed E-state index contributed by atoms with van der Waals surface area (Å²) in [6, 6.07) is 0.0597. The number of aryl methyl sites for hydroxylation is 1. The molecule has 3 heterocycles. The maximum atomic E-state index is 13.5. The lowest BCUT2D eigenvalue weighted by Crippen LogP contribution is -2.49. The molecule has 40 heavy (non-hydrogen) atoms. The molecule has 2 aromatic rings. The van der Waals surface area contributed by atoms with E-state index in [1.54, 1.807) is 19.2 Å². The number of hydrogen-bond donors (Lipinski definition) is 3. The van der Waals surface area contributed by atoms with E-state index in [9.17, 15) is 27.6 Å². The Kier molecular flexibility index (Phi) is 8.96. The van der Waals surface area contributed by atoms with Crippen LogP contribution in [0.2, 0.25) is 0 Å². The quantitative estimate of drug-likeness (QED) is 0.429. The van der Waals surface area contributed by atoms with Crippen molar-refractivity contribution in [2.24, 2.45) is 18.9 Å². The number of methoxy groups -OCH3 is 1. The minimum atomic E-state index is -4.59. The molecule has 11 nitrogen and oxygen atoms in total. The van der Waals surface area contributed by atoms with Crippen LogP contribution in [0.3, 0.4) is 0 Å². The predicted octanol–water partition coefficient (Wildman–Crippen LogP) is 3.02. The van der Waals surface area contributed by atoms with Crippen LogP contribution < -0.4 is 16.0 Å². The zero-order valence-electron chi connectivity index (χ0n) is 22.6. The highest BCUT2D eigenvalue weighted by molar-refractivity contribution is 6.00. The van der Waals surface area contributed by atoms with Crippen LogP contribution in [0, 0.1) is 11.8 Å². The van der Waals surface area contributed by atoms with Crippen molar-refractivity contribution in [1.82, 2.24) is 30.3 Å². The van der Waals surface area contributed by atoms with E-state index in [0.29, 0.717) is 17.2 Å². The van der Waals surface area contributed by atoms with Crippen molar-refractivity contribution in [3.63, 3.8) is 0 Å². The van der Waals surface area contributed by atoms with Gasteiger partial charge in [-0.3, -0.25) is 14.3 Å². The smallest absolute Gasteiger partial charge is 0.382 e. The van der Waals surface area contributed by atoms with E-state index in [0.717, 1.165) is 30.6 Å². The van der Waals surface area contributed by atoms with Crippen LogP contribution >= 0.6 is 0 Å². The van der Waals surface area contributed by atoms with Crippen LogP contribution in [0.5, 0.6) is 0 Å². The molecule has 1 aliphatic carbocycles. The van der Waals surface area contributed by atoms with E-state index in [1.165, 1.54) is 30.3 Å². The van der Waals surface area contributed by atoms with Crippen molar-refractivity contribution in [2.45, 2.75) is 56.9 Å². The molecule has 2 aliphatic rings. The van der Waals surface area contributed by atoms with Crippen LogP contribution in [0.25, 0.3) is 0 Å². The van der Waals surface area contributed by atoms with Crippen LogP contribution in [0.4, 0.5) is 23.8 Å². The third-order valence-electron chi connectivity index (χ3n) is 7.61. The maximum Gasteiger partial charge on any atom is 0.410 e. The number of urea groups is 1. The molecule has 1 saturated carbocycles. The third kappa shape index (κ3) is 6.72. The first-order valence-corrected chi connectivity index (χ1v) is 13.2. The molecule has 2 aromatic heterocycles. The van der Waals surface area contributed by atoms with Gasteiger partial charge in [0.15, 0.2) is 0 Å². The average Bonchev–Trinajstić information content (AvgIpc) is 3.52. The monoisotopic (exact) mass is 565 g/mol. The number of carbonyl (C=O) groups excluding carboxylic acids is 3. The average molecular weight is 566 g/mol. The Hall–Kier alpha value is -3.68. The highest BCUT2D eigenvalue weighted by atomic mass is 19.4. The third-order valence-corrected chi connectivity index (χ3v) is 7.61. The van der Waals surface area contributed by atoms with Crippen molar-refractivity contribution in [3.05, 3.63) is 41.9 Å². The Labute approximate surface area is 229 Å². The molecule has 218 valence electrons. The van der Waals surface area contributed by atoms with Crippen molar-refractivity contribution >= 4 is 23.7 Å². The van der Waals surface area contributed by atoms with Crippen molar-refractivity contribution in [3.8, 4) is 0 Å². The summed E-state index contributed by atoms with van der Waals surface area (Å²) < 4.78 is 46.4. The van der Waals surface area contributed by atoms with Gasteiger partial charge in [0.25, 0.3) is 5.91 Å². The standard InChI is InChI=1S/C26H34F3N7O4/c1-15-4-6-16(7-5-15)22(34-23(37)18-9-11-31-35(18)2)24(38)33-21-12-17(8-10-30-21)19(14-40-3)36-13-20(26(27,28)29)32-25(36)39/h8-12,15-16,19-20,22H,4-7,13-14H2,1-3H3,(H,32,39)(H,34,37)(H,30,33,38)/t15?,16?,19?,20-,22-/m0/s1. The van der Waals surface area contributed by atoms with Crippen molar-refractivity contribution in [1.29, 1.82) is 0 Å². The molecule has 1 saturated heterocycles. The Balaban J connectivity index is 1.53. The van der Waals surface area contributed by atoms with Gasteiger partial charge in [-0.2, -0.15) is 18.3 Å². The second-order valence-corrected chi connectivity index (χ2v) is 10.4.